The summed E-state index contributed by atoms with van der Waals surface area (Å²) in [6, 6.07) is 0. The van der Waals surface area contributed by atoms with Crippen molar-refractivity contribution >= 4 is 21.4 Å². The molecule has 0 radical (unpaired) electrons. The molecule has 2 aromatic rings. The van der Waals surface area contributed by atoms with Crippen molar-refractivity contribution < 1.29 is 8.42 Å². The first-order valence-corrected chi connectivity index (χ1v) is 8.07. The zero-order valence-electron chi connectivity index (χ0n) is 10.2. The maximum atomic E-state index is 12.0. The Balaban J connectivity index is 2.00. The van der Waals surface area contributed by atoms with Gasteiger partial charge in [0.2, 0.25) is 10.0 Å². The van der Waals surface area contributed by atoms with Crippen LogP contribution in [0, 0.1) is 0 Å². The zero-order valence-corrected chi connectivity index (χ0v) is 11.8. The number of nitrogens with zero attached hydrogens (tertiary/aromatic N) is 3. The lowest BCUT2D eigenvalue weighted by Crippen LogP contribution is -2.22. The summed E-state index contributed by atoms with van der Waals surface area (Å²) in [6.45, 7) is 1.40. The molecule has 0 fully saturated rings. The quantitative estimate of drug-likeness (QED) is 0.758. The standard InChI is InChI=1S/C10H15N5O2S2/c11-2-1-3-15-7-10(6-13-15)19(16,17)14-5-9-4-12-8-18-9/h4,6-8,14H,1-3,5,11H2. The molecule has 0 amide bonds. The van der Waals surface area contributed by atoms with Gasteiger partial charge in [0.15, 0.2) is 0 Å². The summed E-state index contributed by atoms with van der Waals surface area (Å²) in [5.74, 6) is 0. The fourth-order valence-electron chi connectivity index (χ4n) is 1.44. The van der Waals surface area contributed by atoms with Crippen LogP contribution in [0.4, 0.5) is 0 Å². The van der Waals surface area contributed by atoms with Gasteiger partial charge in [0.1, 0.15) is 4.90 Å². The molecule has 0 saturated carbocycles. The van der Waals surface area contributed by atoms with Gasteiger partial charge in [0.25, 0.3) is 0 Å². The Bertz CT molecular complexity index is 606. The summed E-state index contributed by atoms with van der Waals surface area (Å²) < 4.78 is 28.1. The van der Waals surface area contributed by atoms with E-state index < -0.39 is 10.0 Å². The topological polar surface area (TPSA) is 103 Å². The summed E-state index contributed by atoms with van der Waals surface area (Å²) in [7, 11) is -3.53. The van der Waals surface area contributed by atoms with Crippen molar-refractivity contribution in [2.24, 2.45) is 5.73 Å². The molecular formula is C10H15N5O2S2. The van der Waals surface area contributed by atoms with Gasteiger partial charge in [0, 0.05) is 30.4 Å². The highest BCUT2D eigenvalue weighted by Crippen LogP contribution is 2.10. The fourth-order valence-corrected chi connectivity index (χ4v) is 3.02. The second-order valence-electron chi connectivity index (χ2n) is 3.87. The van der Waals surface area contributed by atoms with Crippen LogP contribution in [-0.4, -0.2) is 29.7 Å². The van der Waals surface area contributed by atoms with Crippen LogP contribution in [0.1, 0.15) is 11.3 Å². The molecule has 104 valence electrons. The van der Waals surface area contributed by atoms with Crippen molar-refractivity contribution in [3.8, 4) is 0 Å². The number of sulfonamides is 1. The number of hydrogen-bond acceptors (Lipinski definition) is 6. The number of thiazole rings is 1. The van der Waals surface area contributed by atoms with E-state index >= 15 is 0 Å². The molecule has 0 unspecified atom stereocenters. The van der Waals surface area contributed by atoms with Crippen LogP contribution >= 0.6 is 11.3 Å². The molecule has 0 atom stereocenters. The Morgan fingerprint density at radius 2 is 2.26 bits per heavy atom. The molecular weight excluding hydrogens is 286 g/mol. The normalized spacial score (nSPS) is 11.8. The largest absolute Gasteiger partial charge is 0.330 e. The summed E-state index contributed by atoms with van der Waals surface area (Å²) in [5, 5.41) is 4.00. The second-order valence-corrected chi connectivity index (χ2v) is 6.61. The van der Waals surface area contributed by atoms with E-state index in [1.54, 1.807) is 16.4 Å². The van der Waals surface area contributed by atoms with E-state index in [-0.39, 0.29) is 11.4 Å². The molecule has 2 rings (SSSR count). The SMILES string of the molecule is NCCCn1cc(S(=O)(=O)NCc2cncs2)cn1. The number of aryl methyl sites for hydroxylation is 1. The van der Waals surface area contributed by atoms with Crippen LogP contribution in [0.3, 0.4) is 0 Å². The monoisotopic (exact) mass is 301 g/mol. The van der Waals surface area contributed by atoms with Gasteiger partial charge in [-0.25, -0.2) is 13.1 Å². The summed E-state index contributed by atoms with van der Waals surface area (Å²) in [5.41, 5.74) is 7.06. The van der Waals surface area contributed by atoms with Crippen molar-refractivity contribution in [1.82, 2.24) is 19.5 Å². The van der Waals surface area contributed by atoms with E-state index in [1.165, 1.54) is 23.7 Å². The Labute approximate surface area is 115 Å². The Kier molecular flexibility index (Phi) is 4.64. The van der Waals surface area contributed by atoms with Gasteiger partial charge in [-0.15, -0.1) is 11.3 Å². The van der Waals surface area contributed by atoms with Gasteiger partial charge in [-0.3, -0.25) is 9.67 Å². The van der Waals surface area contributed by atoms with Crippen molar-refractivity contribution in [1.29, 1.82) is 0 Å². The summed E-state index contributed by atoms with van der Waals surface area (Å²) in [6.07, 6.45) is 5.24. The lowest BCUT2D eigenvalue weighted by Gasteiger charge is -2.02. The van der Waals surface area contributed by atoms with Crippen LogP contribution in [0.25, 0.3) is 0 Å². The maximum absolute atomic E-state index is 12.0. The van der Waals surface area contributed by atoms with Gasteiger partial charge in [0.05, 0.1) is 11.7 Å². The minimum atomic E-state index is -3.53. The van der Waals surface area contributed by atoms with Crippen LogP contribution in [0.2, 0.25) is 0 Å². The predicted octanol–water partition coefficient (Wildman–Crippen LogP) is 0.167. The molecule has 7 nitrogen and oxygen atoms in total. The van der Waals surface area contributed by atoms with Crippen molar-refractivity contribution in [3.05, 3.63) is 29.0 Å². The van der Waals surface area contributed by atoms with Crippen LogP contribution in [0.15, 0.2) is 29.0 Å². The highest BCUT2D eigenvalue weighted by molar-refractivity contribution is 7.89. The molecule has 3 N–H and O–H groups in total. The molecule has 0 bridgehead atoms. The first-order chi connectivity index (χ1) is 9.12. The smallest absolute Gasteiger partial charge is 0.244 e. The lowest BCUT2D eigenvalue weighted by molar-refractivity contribution is 0.576. The maximum Gasteiger partial charge on any atom is 0.244 e. The van der Waals surface area contributed by atoms with E-state index in [1.807, 2.05) is 0 Å². The van der Waals surface area contributed by atoms with Crippen LogP contribution < -0.4 is 10.5 Å². The van der Waals surface area contributed by atoms with E-state index in [9.17, 15) is 8.42 Å². The van der Waals surface area contributed by atoms with E-state index in [0.29, 0.717) is 13.1 Å². The fraction of sp³-hybridized carbons (Fsp3) is 0.400. The number of nitrogens with one attached hydrogen (secondary N) is 1. The highest BCUT2D eigenvalue weighted by Gasteiger charge is 2.16. The molecule has 0 aliphatic carbocycles. The van der Waals surface area contributed by atoms with Gasteiger partial charge in [-0.1, -0.05) is 0 Å². The Hall–Kier alpha value is -1.29. The van der Waals surface area contributed by atoms with Gasteiger partial charge < -0.3 is 5.73 Å². The van der Waals surface area contributed by atoms with Gasteiger partial charge >= 0.3 is 0 Å². The van der Waals surface area contributed by atoms with Crippen molar-refractivity contribution in [2.45, 2.75) is 24.4 Å². The Morgan fingerprint density at radius 1 is 1.42 bits per heavy atom. The Morgan fingerprint density at radius 3 is 2.95 bits per heavy atom. The predicted molar refractivity (Wildman–Crippen MR) is 72.0 cm³/mol. The third-order valence-electron chi connectivity index (χ3n) is 2.43. The first kappa shape index (κ1) is 14.1. The first-order valence-electron chi connectivity index (χ1n) is 5.71. The average molecular weight is 301 g/mol. The minimum Gasteiger partial charge on any atom is -0.330 e. The van der Waals surface area contributed by atoms with Crippen LogP contribution in [0.5, 0.6) is 0 Å². The molecule has 0 spiro atoms. The molecule has 2 aromatic heterocycles. The lowest BCUT2D eigenvalue weighted by atomic mass is 10.4. The highest BCUT2D eigenvalue weighted by atomic mass is 32.2. The van der Waals surface area contributed by atoms with Crippen molar-refractivity contribution in [2.75, 3.05) is 6.54 Å². The van der Waals surface area contributed by atoms with Crippen LogP contribution in [-0.2, 0) is 23.1 Å². The summed E-state index contributed by atoms with van der Waals surface area (Å²) in [4.78, 5) is 4.91. The summed E-state index contributed by atoms with van der Waals surface area (Å²) >= 11 is 1.40. The van der Waals surface area contributed by atoms with E-state index in [2.05, 4.69) is 14.8 Å². The molecule has 0 aliphatic rings. The number of nitrogens with two attached hydrogens (primary N) is 1. The average Bonchev–Trinajstić information content (AvgIpc) is 3.05. The number of aromatic nitrogens is 3. The third-order valence-corrected chi connectivity index (χ3v) is 4.57. The van der Waals surface area contributed by atoms with E-state index in [4.69, 9.17) is 5.73 Å². The molecule has 0 saturated heterocycles. The molecule has 0 aromatic carbocycles. The van der Waals surface area contributed by atoms with Gasteiger partial charge in [-0.2, -0.15) is 5.10 Å². The number of rotatable bonds is 7. The minimum absolute atomic E-state index is 0.161. The second kappa shape index (κ2) is 6.24. The van der Waals surface area contributed by atoms with E-state index in [0.717, 1.165) is 11.3 Å². The zero-order chi connectivity index (χ0) is 13.7. The number of hydrogen-bond donors (Lipinski definition) is 2. The molecule has 19 heavy (non-hydrogen) atoms. The van der Waals surface area contributed by atoms with Crippen molar-refractivity contribution in [3.63, 3.8) is 0 Å². The molecule has 2 heterocycles. The van der Waals surface area contributed by atoms with Gasteiger partial charge in [-0.05, 0) is 13.0 Å². The third kappa shape index (κ3) is 3.83. The molecule has 9 heteroatoms. The molecule has 0 aliphatic heterocycles.